The summed E-state index contributed by atoms with van der Waals surface area (Å²) in [5, 5.41) is 9.32. The smallest absolute Gasteiger partial charge is 0.354 e. The lowest BCUT2D eigenvalue weighted by atomic mass is 10.3. The summed E-state index contributed by atoms with van der Waals surface area (Å²) < 4.78 is 25.9. The molecule has 0 saturated heterocycles. The molecule has 0 saturated carbocycles. The SMILES string of the molecule is CN(c1ccnc(C(=O)O)c1)S(=O)(=O)c1ccc(Cl)cc1. The zero-order valence-corrected chi connectivity index (χ0v) is 12.5. The number of rotatable bonds is 4. The molecule has 1 heterocycles. The highest BCUT2D eigenvalue weighted by Gasteiger charge is 2.22. The third-order valence-electron chi connectivity index (χ3n) is 2.80. The fourth-order valence-electron chi connectivity index (χ4n) is 1.64. The van der Waals surface area contributed by atoms with Crippen LogP contribution in [0, 0.1) is 0 Å². The van der Waals surface area contributed by atoms with E-state index in [0.717, 1.165) is 4.31 Å². The van der Waals surface area contributed by atoms with Crippen LogP contribution in [0.1, 0.15) is 10.5 Å². The Kier molecular flexibility index (Phi) is 4.15. The highest BCUT2D eigenvalue weighted by Crippen LogP contribution is 2.23. The number of nitrogens with zero attached hydrogens (tertiary/aromatic N) is 2. The third-order valence-corrected chi connectivity index (χ3v) is 4.85. The molecule has 110 valence electrons. The lowest BCUT2D eigenvalue weighted by Crippen LogP contribution is -2.26. The number of hydrogen-bond donors (Lipinski definition) is 1. The van der Waals surface area contributed by atoms with E-state index in [1.807, 2.05) is 0 Å². The van der Waals surface area contributed by atoms with Gasteiger partial charge in [0.15, 0.2) is 0 Å². The Hall–Kier alpha value is -2.12. The van der Waals surface area contributed by atoms with Crippen LogP contribution in [0.25, 0.3) is 0 Å². The number of benzene rings is 1. The standard InChI is InChI=1S/C13H11ClN2O4S/c1-16(10-6-7-15-12(8-10)13(17)18)21(19,20)11-4-2-9(14)3-5-11/h2-8H,1H3,(H,17,18). The molecule has 1 aromatic heterocycles. The van der Waals surface area contributed by atoms with Crippen molar-refractivity contribution in [3.8, 4) is 0 Å². The van der Waals surface area contributed by atoms with E-state index in [1.165, 1.54) is 49.6 Å². The van der Waals surface area contributed by atoms with Crippen LogP contribution in [0.15, 0.2) is 47.5 Å². The fourth-order valence-corrected chi connectivity index (χ4v) is 2.95. The van der Waals surface area contributed by atoms with Gasteiger partial charge in [0.2, 0.25) is 0 Å². The Balaban J connectivity index is 2.43. The predicted octanol–water partition coefficient (Wildman–Crippen LogP) is 2.26. The predicted molar refractivity (Wildman–Crippen MR) is 78.2 cm³/mol. The van der Waals surface area contributed by atoms with Crippen LogP contribution in [0.4, 0.5) is 5.69 Å². The first-order valence-corrected chi connectivity index (χ1v) is 7.58. The zero-order chi connectivity index (χ0) is 15.6. The summed E-state index contributed by atoms with van der Waals surface area (Å²) in [7, 11) is -2.46. The molecule has 1 aromatic carbocycles. The Morgan fingerprint density at radius 3 is 2.43 bits per heavy atom. The molecule has 1 N–H and O–H groups in total. The Morgan fingerprint density at radius 1 is 1.24 bits per heavy atom. The number of carboxylic acid groups (broad SMARTS) is 1. The number of carboxylic acids is 1. The second kappa shape index (κ2) is 5.71. The van der Waals surface area contributed by atoms with Crippen molar-refractivity contribution in [1.29, 1.82) is 0 Å². The summed E-state index contributed by atoms with van der Waals surface area (Å²) in [5.41, 5.74) is -0.0250. The Labute approximate surface area is 126 Å². The molecule has 0 aliphatic rings. The van der Waals surface area contributed by atoms with Gasteiger partial charge in [0.05, 0.1) is 10.6 Å². The van der Waals surface area contributed by atoms with Gasteiger partial charge >= 0.3 is 5.97 Å². The first kappa shape index (κ1) is 15.3. The number of aromatic nitrogens is 1. The first-order valence-electron chi connectivity index (χ1n) is 5.76. The van der Waals surface area contributed by atoms with Crippen LogP contribution >= 0.6 is 11.6 Å². The van der Waals surface area contributed by atoms with Gasteiger partial charge in [-0.05, 0) is 36.4 Å². The number of anilines is 1. The van der Waals surface area contributed by atoms with E-state index in [0.29, 0.717) is 5.02 Å². The highest BCUT2D eigenvalue weighted by molar-refractivity contribution is 7.92. The second-order valence-corrected chi connectivity index (χ2v) is 6.54. The molecule has 0 fully saturated rings. The van der Waals surface area contributed by atoms with Crippen molar-refractivity contribution in [2.24, 2.45) is 0 Å². The van der Waals surface area contributed by atoms with Gasteiger partial charge in [-0.15, -0.1) is 0 Å². The maximum absolute atomic E-state index is 12.4. The van der Waals surface area contributed by atoms with Gasteiger partial charge in [-0.25, -0.2) is 18.2 Å². The van der Waals surface area contributed by atoms with Crippen LogP contribution in [0.2, 0.25) is 5.02 Å². The topological polar surface area (TPSA) is 87.6 Å². The normalized spacial score (nSPS) is 11.1. The van der Waals surface area contributed by atoms with Gasteiger partial charge in [-0.3, -0.25) is 4.31 Å². The van der Waals surface area contributed by atoms with Crippen LogP contribution < -0.4 is 4.31 Å². The van der Waals surface area contributed by atoms with E-state index in [2.05, 4.69) is 4.98 Å². The largest absolute Gasteiger partial charge is 0.477 e. The van der Waals surface area contributed by atoms with Crippen molar-refractivity contribution in [2.75, 3.05) is 11.4 Å². The Bertz CT molecular complexity index is 775. The summed E-state index contributed by atoms with van der Waals surface area (Å²) in [5.74, 6) is -1.23. The van der Waals surface area contributed by atoms with Crippen molar-refractivity contribution in [2.45, 2.75) is 4.90 Å². The minimum absolute atomic E-state index is 0.0584. The maximum atomic E-state index is 12.4. The number of carbonyl (C=O) groups is 1. The molecule has 6 nitrogen and oxygen atoms in total. The number of aromatic carboxylic acids is 1. The average molecular weight is 327 g/mol. The molecule has 2 aromatic rings. The van der Waals surface area contributed by atoms with Gasteiger partial charge in [0.25, 0.3) is 10.0 Å². The molecule has 0 bridgehead atoms. The fraction of sp³-hybridized carbons (Fsp3) is 0.0769. The molecule has 0 unspecified atom stereocenters. The number of sulfonamides is 1. The monoisotopic (exact) mass is 326 g/mol. The first-order chi connectivity index (χ1) is 9.82. The lowest BCUT2D eigenvalue weighted by molar-refractivity contribution is 0.0690. The molecule has 0 aliphatic heterocycles. The summed E-state index contributed by atoms with van der Waals surface area (Å²) in [6, 6.07) is 8.31. The minimum Gasteiger partial charge on any atom is -0.477 e. The van der Waals surface area contributed by atoms with E-state index in [4.69, 9.17) is 16.7 Å². The molecule has 0 radical (unpaired) electrons. The molecule has 0 aliphatic carbocycles. The summed E-state index contributed by atoms with van der Waals surface area (Å²) in [4.78, 5) is 14.6. The Morgan fingerprint density at radius 2 is 1.86 bits per heavy atom. The van der Waals surface area contributed by atoms with Gasteiger partial charge in [-0.1, -0.05) is 11.6 Å². The number of pyridine rings is 1. The molecule has 0 spiro atoms. The van der Waals surface area contributed by atoms with Crippen molar-refractivity contribution in [3.63, 3.8) is 0 Å². The van der Waals surface area contributed by atoms with E-state index >= 15 is 0 Å². The van der Waals surface area contributed by atoms with Crippen molar-refractivity contribution in [1.82, 2.24) is 4.98 Å². The van der Waals surface area contributed by atoms with E-state index in [-0.39, 0.29) is 16.3 Å². The van der Waals surface area contributed by atoms with Gasteiger partial charge in [-0.2, -0.15) is 0 Å². The van der Waals surface area contributed by atoms with Crippen molar-refractivity contribution in [3.05, 3.63) is 53.3 Å². The summed E-state index contributed by atoms with van der Waals surface area (Å²) in [6.45, 7) is 0. The minimum atomic E-state index is -3.80. The van der Waals surface area contributed by atoms with Crippen LogP contribution in [0.3, 0.4) is 0 Å². The lowest BCUT2D eigenvalue weighted by Gasteiger charge is -2.19. The molecule has 0 atom stereocenters. The van der Waals surface area contributed by atoms with Gasteiger partial charge in [0.1, 0.15) is 5.69 Å². The second-order valence-electron chi connectivity index (χ2n) is 4.13. The van der Waals surface area contributed by atoms with E-state index in [9.17, 15) is 13.2 Å². The highest BCUT2D eigenvalue weighted by atomic mass is 35.5. The molecule has 2 rings (SSSR count). The number of hydrogen-bond acceptors (Lipinski definition) is 4. The zero-order valence-electron chi connectivity index (χ0n) is 10.9. The molecular weight excluding hydrogens is 316 g/mol. The van der Waals surface area contributed by atoms with Crippen molar-refractivity contribution >= 4 is 33.3 Å². The summed E-state index contributed by atoms with van der Waals surface area (Å²) in [6.07, 6.45) is 1.24. The van der Waals surface area contributed by atoms with Crippen molar-refractivity contribution < 1.29 is 18.3 Å². The van der Waals surface area contributed by atoms with Gasteiger partial charge < -0.3 is 5.11 Å². The third kappa shape index (κ3) is 3.14. The van der Waals surface area contributed by atoms with Crippen LogP contribution in [-0.4, -0.2) is 31.5 Å². The molecule has 21 heavy (non-hydrogen) atoms. The molecular formula is C13H11ClN2O4S. The van der Waals surface area contributed by atoms with Crippen LogP contribution in [0.5, 0.6) is 0 Å². The van der Waals surface area contributed by atoms with Gasteiger partial charge in [0, 0.05) is 18.3 Å². The number of halogens is 1. The van der Waals surface area contributed by atoms with Crippen LogP contribution in [-0.2, 0) is 10.0 Å². The average Bonchev–Trinajstić information content (AvgIpc) is 2.47. The maximum Gasteiger partial charge on any atom is 0.354 e. The quantitative estimate of drug-likeness (QED) is 0.931. The van der Waals surface area contributed by atoms with E-state index in [1.54, 1.807) is 0 Å². The summed E-state index contributed by atoms with van der Waals surface area (Å²) >= 11 is 5.73. The van der Waals surface area contributed by atoms with E-state index < -0.39 is 16.0 Å². The molecule has 8 heteroatoms. The molecule has 0 amide bonds.